The fraction of sp³-hybridized carbons (Fsp3) is 0.571. The number of nitrogens with one attached hydrogen (secondary N) is 1. The molecule has 0 spiro atoms. The van der Waals surface area contributed by atoms with Crippen LogP contribution in [-0.4, -0.2) is 29.3 Å². The minimum absolute atomic E-state index is 0.117. The fourth-order valence-corrected chi connectivity index (χ4v) is 1.49. The summed E-state index contributed by atoms with van der Waals surface area (Å²) in [6.45, 7) is 7.44. The van der Waals surface area contributed by atoms with Crippen molar-refractivity contribution < 1.29 is 18.7 Å². The molecular weight excluding hydrogens is 277 g/mol. The van der Waals surface area contributed by atoms with Crippen molar-refractivity contribution in [3.8, 4) is 5.88 Å². The number of ether oxygens (including phenoxy) is 2. The van der Waals surface area contributed by atoms with E-state index in [0.29, 0.717) is 5.56 Å². The van der Waals surface area contributed by atoms with Crippen LogP contribution in [0.2, 0.25) is 0 Å². The summed E-state index contributed by atoms with van der Waals surface area (Å²) in [5.74, 6) is -0.209. The van der Waals surface area contributed by atoms with Crippen LogP contribution < -0.4 is 15.8 Å². The van der Waals surface area contributed by atoms with Gasteiger partial charge in [0.25, 0.3) is 0 Å². The van der Waals surface area contributed by atoms with Crippen molar-refractivity contribution in [1.29, 1.82) is 0 Å². The Morgan fingerprint density at radius 1 is 1.52 bits per heavy atom. The van der Waals surface area contributed by atoms with Crippen LogP contribution >= 0.6 is 0 Å². The first-order valence-corrected chi connectivity index (χ1v) is 6.69. The van der Waals surface area contributed by atoms with Gasteiger partial charge in [-0.2, -0.15) is 0 Å². The summed E-state index contributed by atoms with van der Waals surface area (Å²) in [6.07, 6.45) is 0.174. The summed E-state index contributed by atoms with van der Waals surface area (Å²) in [6, 6.07) is 1.27. The number of alkyl carbamates (subject to hydrolysis) is 1. The maximum atomic E-state index is 13.0. The molecule has 7 heteroatoms. The molecule has 6 nitrogen and oxygen atoms in total. The van der Waals surface area contributed by atoms with Crippen molar-refractivity contribution in [1.82, 2.24) is 10.3 Å². The summed E-state index contributed by atoms with van der Waals surface area (Å²) in [4.78, 5) is 15.4. The van der Waals surface area contributed by atoms with Gasteiger partial charge in [0.1, 0.15) is 17.5 Å². The molecule has 0 radical (unpaired) electrons. The van der Waals surface area contributed by atoms with Crippen LogP contribution in [0.1, 0.15) is 33.3 Å². The topological polar surface area (TPSA) is 86.5 Å². The van der Waals surface area contributed by atoms with Crippen LogP contribution in [0.5, 0.6) is 5.88 Å². The van der Waals surface area contributed by atoms with Crippen LogP contribution in [-0.2, 0) is 11.3 Å². The highest BCUT2D eigenvalue weighted by atomic mass is 19.1. The van der Waals surface area contributed by atoms with Gasteiger partial charge in [0, 0.05) is 12.1 Å². The Bertz CT molecular complexity index is 489. The number of hydrogen-bond acceptors (Lipinski definition) is 5. The molecule has 21 heavy (non-hydrogen) atoms. The highest BCUT2D eigenvalue weighted by Crippen LogP contribution is 2.16. The molecule has 0 aliphatic heterocycles. The fourth-order valence-electron chi connectivity index (χ4n) is 1.49. The number of aromatic nitrogens is 1. The normalized spacial score (nSPS) is 12.7. The first-order valence-electron chi connectivity index (χ1n) is 6.69. The van der Waals surface area contributed by atoms with E-state index in [1.165, 1.54) is 6.07 Å². The number of halogens is 1. The molecule has 0 aliphatic rings. The summed E-state index contributed by atoms with van der Waals surface area (Å²) in [7, 11) is 0. The molecule has 0 fully saturated rings. The largest absolute Gasteiger partial charge is 0.473 e. The van der Waals surface area contributed by atoms with Gasteiger partial charge in [0.2, 0.25) is 5.88 Å². The van der Waals surface area contributed by atoms with Crippen LogP contribution in [0.4, 0.5) is 9.18 Å². The number of nitrogens with zero attached hydrogens (tertiary/aromatic N) is 1. The van der Waals surface area contributed by atoms with E-state index in [4.69, 9.17) is 15.2 Å². The highest BCUT2D eigenvalue weighted by Gasteiger charge is 2.17. The summed E-state index contributed by atoms with van der Waals surface area (Å²) >= 11 is 0. The Hall–Kier alpha value is -1.89. The van der Waals surface area contributed by atoms with Crippen LogP contribution in [0.3, 0.4) is 0 Å². The van der Waals surface area contributed by atoms with Gasteiger partial charge in [-0.1, -0.05) is 0 Å². The van der Waals surface area contributed by atoms with Crippen molar-refractivity contribution in [2.75, 3.05) is 6.54 Å². The number of pyridine rings is 1. The average molecular weight is 299 g/mol. The average Bonchev–Trinajstić information content (AvgIpc) is 2.36. The summed E-state index contributed by atoms with van der Waals surface area (Å²) < 4.78 is 23.7. The second-order valence-corrected chi connectivity index (χ2v) is 5.63. The van der Waals surface area contributed by atoms with Gasteiger partial charge in [-0.3, -0.25) is 0 Å². The predicted molar refractivity (Wildman–Crippen MR) is 76.4 cm³/mol. The zero-order chi connectivity index (χ0) is 16.0. The second-order valence-electron chi connectivity index (χ2n) is 5.63. The molecule has 1 atom stereocenters. The first-order chi connectivity index (χ1) is 9.71. The monoisotopic (exact) mass is 299 g/mol. The van der Waals surface area contributed by atoms with Gasteiger partial charge < -0.3 is 20.5 Å². The van der Waals surface area contributed by atoms with E-state index in [2.05, 4.69) is 10.3 Å². The molecule has 0 bridgehead atoms. The van der Waals surface area contributed by atoms with Gasteiger partial charge in [-0.05, 0) is 33.8 Å². The zero-order valence-electron chi connectivity index (χ0n) is 12.8. The lowest BCUT2D eigenvalue weighted by molar-refractivity contribution is 0.0503. The lowest BCUT2D eigenvalue weighted by Crippen LogP contribution is -2.37. The van der Waals surface area contributed by atoms with Crippen molar-refractivity contribution in [3.05, 3.63) is 23.6 Å². The molecule has 0 saturated heterocycles. The zero-order valence-corrected chi connectivity index (χ0v) is 12.8. The molecule has 1 heterocycles. The minimum Gasteiger partial charge on any atom is -0.473 e. The van der Waals surface area contributed by atoms with Crippen LogP contribution in [0.25, 0.3) is 0 Å². The Balaban J connectivity index is 2.51. The van der Waals surface area contributed by atoms with Gasteiger partial charge in [0.15, 0.2) is 0 Å². The van der Waals surface area contributed by atoms with Gasteiger partial charge >= 0.3 is 6.09 Å². The van der Waals surface area contributed by atoms with Crippen molar-refractivity contribution >= 4 is 6.09 Å². The van der Waals surface area contributed by atoms with Gasteiger partial charge in [0.05, 0.1) is 12.7 Å². The smallest absolute Gasteiger partial charge is 0.407 e. The molecule has 0 aliphatic carbocycles. The molecular formula is C14H22FN3O3. The van der Waals surface area contributed by atoms with Gasteiger partial charge in [-0.25, -0.2) is 14.2 Å². The highest BCUT2D eigenvalue weighted by molar-refractivity contribution is 5.67. The maximum absolute atomic E-state index is 13.0. The van der Waals surface area contributed by atoms with Crippen molar-refractivity contribution in [2.45, 2.75) is 45.9 Å². The lowest BCUT2D eigenvalue weighted by Gasteiger charge is -2.21. The van der Waals surface area contributed by atoms with E-state index >= 15 is 0 Å². The quantitative estimate of drug-likeness (QED) is 0.868. The molecule has 1 aromatic rings. The minimum atomic E-state index is -0.556. The van der Waals surface area contributed by atoms with E-state index in [1.54, 1.807) is 27.7 Å². The number of rotatable bonds is 5. The van der Waals surface area contributed by atoms with Gasteiger partial charge in [-0.15, -0.1) is 0 Å². The van der Waals surface area contributed by atoms with E-state index < -0.39 is 17.5 Å². The standard InChI is InChI=1S/C14H22FN3O3/c1-9(7-18-13(19)21-14(2,3)4)20-12-10(6-16)5-11(15)8-17-12/h5,8-9H,6-7,16H2,1-4H3,(H,18,19). The van der Waals surface area contributed by atoms with Crippen molar-refractivity contribution in [3.63, 3.8) is 0 Å². The van der Waals surface area contributed by atoms with E-state index in [-0.39, 0.29) is 25.1 Å². The van der Waals surface area contributed by atoms with Crippen LogP contribution in [0.15, 0.2) is 12.3 Å². The molecule has 3 N–H and O–H groups in total. The number of hydrogen-bond donors (Lipinski definition) is 2. The SMILES string of the molecule is CC(CNC(=O)OC(C)(C)C)Oc1ncc(F)cc1CN. The Labute approximate surface area is 123 Å². The maximum Gasteiger partial charge on any atom is 0.407 e. The third-order valence-electron chi connectivity index (χ3n) is 2.36. The third kappa shape index (κ3) is 6.40. The molecule has 0 saturated carbocycles. The third-order valence-corrected chi connectivity index (χ3v) is 2.36. The van der Waals surface area contributed by atoms with Crippen molar-refractivity contribution in [2.24, 2.45) is 5.73 Å². The molecule has 1 amide bonds. The molecule has 0 aromatic carbocycles. The Morgan fingerprint density at radius 3 is 2.76 bits per heavy atom. The van der Waals surface area contributed by atoms with E-state index in [0.717, 1.165) is 6.20 Å². The lowest BCUT2D eigenvalue weighted by atomic mass is 10.2. The van der Waals surface area contributed by atoms with Crippen LogP contribution in [0, 0.1) is 5.82 Å². The summed E-state index contributed by atoms with van der Waals surface area (Å²) in [5.41, 5.74) is 5.43. The summed E-state index contributed by atoms with van der Waals surface area (Å²) in [5, 5.41) is 2.59. The van der Waals surface area contributed by atoms with E-state index in [9.17, 15) is 9.18 Å². The molecule has 118 valence electrons. The molecule has 1 unspecified atom stereocenters. The number of carbonyl (C=O) groups excluding carboxylic acids is 1. The second kappa shape index (κ2) is 7.21. The number of carbonyl (C=O) groups is 1. The van der Waals surface area contributed by atoms with E-state index in [1.807, 2.05) is 0 Å². The number of nitrogens with two attached hydrogens (primary N) is 1. The molecule has 1 aromatic heterocycles. The predicted octanol–water partition coefficient (Wildman–Crippen LogP) is 1.97. The first kappa shape index (κ1) is 17.2. The molecule has 1 rings (SSSR count). The number of amides is 1. The Morgan fingerprint density at radius 2 is 2.19 bits per heavy atom. The Kier molecular flexibility index (Phi) is 5.90.